The van der Waals surface area contributed by atoms with Gasteiger partial charge in [0, 0.05) is 29.4 Å². The minimum absolute atomic E-state index is 0.207. The Morgan fingerprint density at radius 1 is 1.16 bits per heavy atom. The predicted molar refractivity (Wildman–Crippen MR) is 126 cm³/mol. The van der Waals surface area contributed by atoms with Crippen molar-refractivity contribution in [1.29, 1.82) is 0 Å². The van der Waals surface area contributed by atoms with E-state index in [1.807, 2.05) is 19.9 Å². The van der Waals surface area contributed by atoms with Crippen LogP contribution in [-0.4, -0.2) is 39.1 Å². The fraction of sp³-hybridized carbons (Fsp3) is 0.480. The summed E-state index contributed by atoms with van der Waals surface area (Å²) < 4.78 is 20.8. The number of aromatic nitrogens is 3. The molecular weight excluding hydrogens is 407 g/mol. The van der Waals surface area contributed by atoms with Crippen LogP contribution in [0.1, 0.15) is 74.3 Å². The highest BCUT2D eigenvalue weighted by Gasteiger charge is 2.22. The number of rotatable bonds is 8. The standard InChI is InChI=1S/C22H27FN4O2.C3H8/c1-5-8-18-19(25-27-20(29-4)12-15(3)24-21(18)27)14-26(11-6-2)22(28)16-9-7-10-17(23)13-16;1-3-2/h7,9-10,12-13H,5-6,8,11,14H2,1-4H3;3H2,1-2H3. The van der Waals surface area contributed by atoms with Crippen LogP contribution in [0.15, 0.2) is 30.3 Å². The Kier molecular flexibility index (Phi) is 9.62. The summed E-state index contributed by atoms with van der Waals surface area (Å²) in [7, 11) is 1.60. The van der Waals surface area contributed by atoms with Crippen LogP contribution in [0.4, 0.5) is 4.39 Å². The van der Waals surface area contributed by atoms with Gasteiger partial charge in [-0.3, -0.25) is 4.79 Å². The quantitative estimate of drug-likeness (QED) is 0.455. The SMILES string of the molecule is CCC.CCCc1c(CN(CCC)C(=O)c2cccc(F)c2)nn2c(OC)cc(C)nc12. The monoisotopic (exact) mass is 442 g/mol. The third-order valence-electron chi connectivity index (χ3n) is 4.77. The number of ether oxygens (including phenoxy) is 1. The van der Waals surface area contributed by atoms with Gasteiger partial charge in [0.1, 0.15) is 5.82 Å². The van der Waals surface area contributed by atoms with E-state index in [1.54, 1.807) is 28.7 Å². The Labute approximate surface area is 190 Å². The second-order valence-corrected chi connectivity index (χ2v) is 7.79. The van der Waals surface area contributed by atoms with Crippen molar-refractivity contribution in [2.75, 3.05) is 13.7 Å². The molecule has 0 radical (unpaired) electrons. The number of carbonyl (C=O) groups is 1. The van der Waals surface area contributed by atoms with Gasteiger partial charge in [0.15, 0.2) is 5.65 Å². The number of fused-ring (bicyclic) bond motifs is 1. The van der Waals surface area contributed by atoms with Gasteiger partial charge < -0.3 is 9.64 Å². The minimum Gasteiger partial charge on any atom is -0.481 e. The van der Waals surface area contributed by atoms with Crippen LogP contribution in [0.5, 0.6) is 5.88 Å². The summed E-state index contributed by atoms with van der Waals surface area (Å²) in [6.45, 7) is 11.2. The molecule has 0 fully saturated rings. The summed E-state index contributed by atoms with van der Waals surface area (Å²) in [6.07, 6.45) is 3.77. The van der Waals surface area contributed by atoms with Crippen LogP contribution in [-0.2, 0) is 13.0 Å². The van der Waals surface area contributed by atoms with Gasteiger partial charge in [-0.1, -0.05) is 46.6 Å². The maximum atomic E-state index is 13.6. The number of nitrogens with zero attached hydrogens (tertiary/aromatic N) is 4. The number of aryl methyl sites for hydroxylation is 2. The second-order valence-electron chi connectivity index (χ2n) is 7.79. The van der Waals surface area contributed by atoms with Crippen molar-refractivity contribution in [3.63, 3.8) is 0 Å². The Bertz CT molecular complexity index is 1030. The molecule has 0 spiro atoms. The van der Waals surface area contributed by atoms with Gasteiger partial charge in [0.25, 0.3) is 5.91 Å². The van der Waals surface area contributed by atoms with Crippen molar-refractivity contribution in [3.05, 3.63) is 58.7 Å². The average Bonchev–Trinajstić information content (AvgIpc) is 3.10. The maximum Gasteiger partial charge on any atom is 0.254 e. The molecule has 0 aliphatic rings. The van der Waals surface area contributed by atoms with Gasteiger partial charge in [-0.2, -0.15) is 9.61 Å². The molecule has 32 heavy (non-hydrogen) atoms. The Hall–Kier alpha value is -2.96. The summed E-state index contributed by atoms with van der Waals surface area (Å²) in [6, 6.07) is 7.63. The van der Waals surface area contributed by atoms with Crippen LogP contribution in [0.2, 0.25) is 0 Å². The van der Waals surface area contributed by atoms with Crippen molar-refractivity contribution in [1.82, 2.24) is 19.5 Å². The topological polar surface area (TPSA) is 59.7 Å². The fourth-order valence-electron chi connectivity index (χ4n) is 3.48. The summed E-state index contributed by atoms with van der Waals surface area (Å²) in [5, 5.41) is 4.72. The lowest BCUT2D eigenvalue weighted by Gasteiger charge is -2.22. The molecule has 3 aromatic rings. The van der Waals surface area contributed by atoms with Crippen LogP contribution in [0, 0.1) is 12.7 Å². The number of benzene rings is 1. The third kappa shape index (κ3) is 6.05. The van der Waals surface area contributed by atoms with Crippen molar-refractivity contribution < 1.29 is 13.9 Å². The molecule has 0 saturated heterocycles. The van der Waals surface area contributed by atoms with E-state index in [4.69, 9.17) is 9.84 Å². The van der Waals surface area contributed by atoms with Gasteiger partial charge in [-0.25, -0.2) is 9.37 Å². The smallest absolute Gasteiger partial charge is 0.254 e. The first kappa shape index (κ1) is 25.3. The van der Waals surface area contributed by atoms with E-state index >= 15 is 0 Å². The summed E-state index contributed by atoms with van der Waals surface area (Å²) in [5.41, 5.74) is 3.75. The predicted octanol–water partition coefficient (Wildman–Crippen LogP) is 5.61. The van der Waals surface area contributed by atoms with E-state index < -0.39 is 5.82 Å². The highest BCUT2D eigenvalue weighted by Crippen LogP contribution is 2.24. The summed E-state index contributed by atoms with van der Waals surface area (Å²) in [4.78, 5) is 19.4. The van der Waals surface area contributed by atoms with E-state index in [0.29, 0.717) is 24.5 Å². The molecule has 6 nitrogen and oxygen atoms in total. The molecule has 3 rings (SSSR count). The van der Waals surface area contributed by atoms with E-state index in [1.165, 1.54) is 18.6 Å². The number of carbonyl (C=O) groups excluding carboxylic acids is 1. The molecule has 1 amide bonds. The first-order valence-electron chi connectivity index (χ1n) is 11.4. The fourth-order valence-corrected chi connectivity index (χ4v) is 3.48. The largest absolute Gasteiger partial charge is 0.481 e. The number of methoxy groups -OCH3 is 1. The minimum atomic E-state index is -0.420. The Balaban J connectivity index is 0.00000114. The van der Waals surface area contributed by atoms with Gasteiger partial charge in [-0.15, -0.1) is 0 Å². The van der Waals surface area contributed by atoms with Crippen molar-refractivity contribution in [3.8, 4) is 5.88 Å². The summed E-state index contributed by atoms with van der Waals surface area (Å²) >= 11 is 0. The van der Waals surface area contributed by atoms with Crippen molar-refractivity contribution >= 4 is 11.6 Å². The molecular formula is C25H35FN4O2. The zero-order valence-corrected chi connectivity index (χ0v) is 20.1. The number of hydrogen-bond donors (Lipinski definition) is 0. The van der Waals surface area contributed by atoms with E-state index in [-0.39, 0.29) is 5.91 Å². The normalized spacial score (nSPS) is 10.6. The van der Waals surface area contributed by atoms with Crippen LogP contribution in [0.25, 0.3) is 5.65 Å². The van der Waals surface area contributed by atoms with Gasteiger partial charge >= 0.3 is 0 Å². The highest BCUT2D eigenvalue weighted by atomic mass is 19.1. The zero-order valence-electron chi connectivity index (χ0n) is 20.1. The number of amides is 1. The molecule has 0 bridgehead atoms. The molecule has 0 aliphatic carbocycles. The highest BCUT2D eigenvalue weighted by molar-refractivity contribution is 5.94. The molecule has 2 heterocycles. The van der Waals surface area contributed by atoms with Crippen molar-refractivity contribution in [2.45, 2.75) is 66.8 Å². The van der Waals surface area contributed by atoms with Crippen LogP contribution >= 0.6 is 0 Å². The van der Waals surface area contributed by atoms with Gasteiger partial charge in [0.05, 0.1) is 19.3 Å². The van der Waals surface area contributed by atoms with E-state index in [9.17, 15) is 9.18 Å². The zero-order chi connectivity index (χ0) is 23.7. The van der Waals surface area contributed by atoms with E-state index in [2.05, 4.69) is 25.8 Å². The molecule has 0 aliphatic heterocycles. The Morgan fingerprint density at radius 3 is 2.47 bits per heavy atom. The lowest BCUT2D eigenvalue weighted by atomic mass is 10.1. The Morgan fingerprint density at radius 2 is 1.88 bits per heavy atom. The van der Waals surface area contributed by atoms with Crippen molar-refractivity contribution in [2.24, 2.45) is 0 Å². The van der Waals surface area contributed by atoms with Crippen LogP contribution in [0.3, 0.4) is 0 Å². The van der Waals surface area contributed by atoms with Crippen LogP contribution < -0.4 is 4.74 Å². The molecule has 0 saturated carbocycles. The number of halogens is 1. The molecule has 2 aromatic heterocycles. The molecule has 0 N–H and O–H groups in total. The second kappa shape index (κ2) is 12.2. The third-order valence-corrected chi connectivity index (χ3v) is 4.77. The average molecular weight is 443 g/mol. The van der Waals surface area contributed by atoms with Gasteiger partial charge in [-0.05, 0) is 38.0 Å². The lowest BCUT2D eigenvalue weighted by Crippen LogP contribution is -2.32. The van der Waals surface area contributed by atoms with Gasteiger partial charge in [0.2, 0.25) is 5.88 Å². The molecule has 0 atom stereocenters. The summed E-state index contributed by atoms with van der Waals surface area (Å²) in [5.74, 6) is -0.0207. The molecule has 174 valence electrons. The molecule has 1 aromatic carbocycles. The maximum absolute atomic E-state index is 13.6. The first-order valence-corrected chi connectivity index (χ1v) is 11.4. The lowest BCUT2D eigenvalue weighted by molar-refractivity contribution is 0.0740. The molecule has 0 unspecified atom stereocenters. The molecule has 7 heteroatoms. The van der Waals surface area contributed by atoms with E-state index in [0.717, 1.165) is 41.9 Å². The first-order chi connectivity index (χ1) is 15.4. The number of hydrogen-bond acceptors (Lipinski definition) is 4.